The van der Waals surface area contributed by atoms with Gasteiger partial charge >= 0.3 is 11.1 Å². The summed E-state index contributed by atoms with van der Waals surface area (Å²) in [4.78, 5) is 24.3. The maximum Gasteiger partial charge on any atom is 0.320 e. The first kappa shape index (κ1) is 14.1. The van der Waals surface area contributed by atoms with Gasteiger partial charge in [0.25, 0.3) is 0 Å². The molecular weight excluding hydrogens is 252 g/mol. The fraction of sp³-hybridized carbons (Fsp3) is 0.250. The van der Waals surface area contributed by atoms with Gasteiger partial charge in [-0.2, -0.15) is 0 Å². The molecule has 104 valence electrons. The van der Waals surface area contributed by atoms with Crippen molar-refractivity contribution < 1.29 is 0 Å². The van der Waals surface area contributed by atoms with E-state index in [0.29, 0.717) is 13.0 Å². The Morgan fingerprint density at radius 3 is 2.60 bits per heavy atom. The first-order valence-electron chi connectivity index (χ1n) is 6.70. The highest BCUT2D eigenvalue weighted by Gasteiger charge is 2.08. The second kappa shape index (κ2) is 6.19. The number of benzene rings is 1. The van der Waals surface area contributed by atoms with Crippen LogP contribution in [0.2, 0.25) is 0 Å². The minimum atomic E-state index is -0.516. The number of hydrogen-bond donors (Lipinski definition) is 0. The van der Waals surface area contributed by atoms with Gasteiger partial charge in [0.2, 0.25) is 0 Å². The summed E-state index contributed by atoms with van der Waals surface area (Å²) in [6, 6.07) is 7.61. The quantitative estimate of drug-likeness (QED) is 0.617. The van der Waals surface area contributed by atoms with E-state index in [9.17, 15) is 9.59 Å². The Labute approximate surface area is 117 Å². The Kier molecular flexibility index (Phi) is 4.35. The van der Waals surface area contributed by atoms with Crippen LogP contribution in [0.1, 0.15) is 18.9 Å². The summed E-state index contributed by atoms with van der Waals surface area (Å²) >= 11 is 0. The maximum absolute atomic E-state index is 12.2. The second-order valence-electron chi connectivity index (χ2n) is 4.53. The highest BCUT2D eigenvalue weighted by molar-refractivity contribution is 5.40. The summed E-state index contributed by atoms with van der Waals surface area (Å²) in [7, 11) is 0. The lowest BCUT2D eigenvalue weighted by Gasteiger charge is -2.11. The molecule has 20 heavy (non-hydrogen) atoms. The molecule has 0 aliphatic carbocycles. The van der Waals surface area contributed by atoms with Gasteiger partial charge in [-0.05, 0) is 24.5 Å². The van der Waals surface area contributed by atoms with Crippen molar-refractivity contribution >= 4 is 0 Å². The fourth-order valence-corrected chi connectivity index (χ4v) is 2.15. The van der Waals surface area contributed by atoms with Crippen molar-refractivity contribution in [3.05, 3.63) is 75.6 Å². The van der Waals surface area contributed by atoms with Crippen LogP contribution >= 0.6 is 0 Å². The van der Waals surface area contributed by atoms with Gasteiger partial charge in [0, 0.05) is 18.9 Å². The maximum atomic E-state index is 12.2. The molecule has 0 aliphatic heterocycles. The van der Waals surface area contributed by atoms with E-state index in [0.717, 1.165) is 17.7 Å². The van der Waals surface area contributed by atoms with Crippen molar-refractivity contribution in [2.24, 2.45) is 0 Å². The zero-order chi connectivity index (χ0) is 14.5. The molecule has 0 atom stereocenters. The Hall–Kier alpha value is -2.36. The number of nitrogens with zero attached hydrogens (tertiary/aromatic N) is 2. The summed E-state index contributed by atoms with van der Waals surface area (Å²) in [5, 5.41) is 0. The highest BCUT2D eigenvalue weighted by atomic mass is 16.2. The van der Waals surface area contributed by atoms with Crippen molar-refractivity contribution in [3.8, 4) is 5.69 Å². The lowest BCUT2D eigenvalue weighted by atomic mass is 10.1. The SMILES string of the molecule is C=CCCn1ccn(-c2ccccc2CC)c(=O)c1=O. The number of allylic oxidation sites excluding steroid dienone is 1. The first-order chi connectivity index (χ1) is 9.69. The minimum absolute atomic E-state index is 0.480. The van der Waals surface area contributed by atoms with Gasteiger partial charge < -0.3 is 4.57 Å². The molecule has 1 aromatic carbocycles. The van der Waals surface area contributed by atoms with Crippen LogP contribution in [0.25, 0.3) is 5.69 Å². The monoisotopic (exact) mass is 270 g/mol. The summed E-state index contributed by atoms with van der Waals surface area (Å²) in [5.74, 6) is 0. The molecule has 0 N–H and O–H groups in total. The molecule has 0 spiro atoms. The van der Waals surface area contributed by atoms with Crippen LogP contribution < -0.4 is 11.1 Å². The molecule has 0 amide bonds. The fourth-order valence-electron chi connectivity index (χ4n) is 2.15. The average molecular weight is 270 g/mol. The van der Waals surface area contributed by atoms with E-state index in [4.69, 9.17) is 0 Å². The van der Waals surface area contributed by atoms with E-state index < -0.39 is 11.1 Å². The number of hydrogen-bond acceptors (Lipinski definition) is 2. The lowest BCUT2D eigenvalue weighted by molar-refractivity contribution is 0.656. The van der Waals surface area contributed by atoms with E-state index in [1.54, 1.807) is 18.5 Å². The van der Waals surface area contributed by atoms with E-state index in [2.05, 4.69) is 6.58 Å². The van der Waals surface area contributed by atoms with E-state index in [1.807, 2.05) is 31.2 Å². The molecule has 4 heteroatoms. The van der Waals surface area contributed by atoms with Gasteiger partial charge in [-0.15, -0.1) is 6.58 Å². The average Bonchev–Trinajstić information content (AvgIpc) is 2.49. The zero-order valence-corrected chi connectivity index (χ0v) is 11.6. The largest absolute Gasteiger partial charge is 0.320 e. The Bertz CT molecular complexity index is 726. The Balaban J connectivity index is 2.54. The Morgan fingerprint density at radius 1 is 1.15 bits per heavy atom. The van der Waals surface area contributed by atoms with Crippen molar-refractivity contribution in [2.45, 2.75) is 26.3 Å². The van der Waals surface area contributed by atoms with Crippen LogP contribution in [-0.2, 0) is 13.0 Å². The third kappa shape index (κ3) is 2.64. The molecule has 1 heterocycles. The van der Waals surface area contributed by atoms with Gasteiger partial charge in [0.05, 0.1) is 5.69 Å². The van der Waals surface area contributed by atoms with Gasteiger partial charge in [0.1, 0.15) is 0 Å². The number of para-hydroxylation sites is 1. The summed E-state index contributed by atoms with van der Waals surface area (Å²) < 4.78 is 2.85. The molecule has 0 saturated heterocycles. The van der Waals surface area contributed by atoms with Crippen molar-refractivity contribution in [3.63, 3.8) is 0 Å². The van der Waals surface area contributed by atoms with Crippen LogP contribution in [0.5, 0.6) is 0 Å². The van der Waals surface area contributed by atoms with Crippen LogP contribution in [0.15, 0.2) is 58.9 Å². The van der Waals surface area contributed by atoms with Crippen molar-refractivity contribution in [1.29, 1.82) is 0 Å². The molecule has 0 unspecified atom stereocenters. The second-order valence-corrected chi connectivity index (χ2v) is 4.53. The van der Waals surface area contributed by atoms with E-state index in [1.165, 1.54) is 9.13 Å². The van der Waals surface area contributed by atoms with Gasteiger partial charge in [0.15, 0.2) is 0 Å². The van der Waals surface area contributed by atoms with Gasteiger partial charge in [-0.3, -0.25) is 14.2 Å². The zero-order valence-electron chi connectivity index (χ0n) is 11.6. The van der Waals surface area contributed by atoms with Gasteiger partial charge in [-0.1, -0.05) is 31.2 Å². The molecule has 1 aromatic heterocycles. The smallest absolute Gasteiger partial charge is 0.309 e. The molecule has 0 saturated carbocycles. The minimum Gasteiger partial charge on any atom is -0.309 e. The summed E-state index contributed by atoms with van der Waals surface area (Å²) in [5.41, 5.74) is 0.795. The lowest BCUT2D eigenvalue weighted by Crippen LogP contribution is -2.40. The molecule has 0 bridgehead atoms. The molecule has 4 nitrogen and oxygen atoms in total. The number of rotatable bonds is 5. The molecular formula is C16H18N2O2. The van der Waals surface area contributed by atoms with E-state index >= 15 is 0 Å². The normalized spacial score (nSPS) is 10.4. The summed E-state index contributed by atoms with van der Waals surface area (Å²) in [6.45, 7) is 6.12. The molecule has 0 radical (unpaired) electrons. The molecule has 0 fully saturated rings. The third-order valence-electron chi connectivity index (χ3n) is 3.26. The van der Waals surface area contributed by atoms with Crippen LogP contribution in [-0.4, -0.2) is 9.13 Å². The number of aromatic nitrogens is 2. The predicted molar refractivity (Wildman–Crippen MR) is 80.5 cm³/mol. The molecule has 0 aliphatic rings. The summed E-state index contributed by atoms with van der Waals surface area (Å²) in [6.07, 6.45) is 6.50. The van der Waals surface area contributed by atoms with Crippen LogP contribution in [0.3, 0.4) is 0 Å². The van der Waals surface area contributed by atoms with Crippen molar-refractivity contribution in [1.82, 2.24) is 9.13 Å². The third-order valence-corrected chi connectivity index (χ3v) is 3.26. The first-order valence-corrected chi connectivity index (χ1v) is 6.70. The standard InChI is InChI=1S/C16H18N2O2/c1-3-5-10-17-11-12-18(16(20)15(17)19)14-9-7-6-8-13(14)4-2/h3,6-9,11-12H,1,4-5,10H2,2H3. The molecule has 2 rings (SSSR count). The van der Waals surface area contributed by atoms with Gasteiger partial charge in [-0.25, -0.2) is 0 Å². The van der Waals surface area contributed by atoms with Crippen molar-refractivity contribution in [2.75, 3.05) is 0 Å². The topological polar surface area (TPSA) is 44.0 Å². The Morgan fingerprint density at radius 2 is 1.90 bits per heavy atom. The molecule has 2 aromatic rings. The number of aryl methyl sites for hydroxylation is 2. The van der Waals surface area contributed by atoms with Crippen LogP contribution in [0, 0.1) is 0 Å². The van der Waals surface area contributed by atoms with E-state index in [-0.39, 0.29) is 0 Å². The predicted octanol–water partition coefficient (Wildman–Crippen LogP) is 2.14. The van der Waals surface area contributed by atoms with Crippen LogP contribution in [0.4, 0.5) is 0 Å². The highest BCUT2D eigenvalue weighted by Crippen LogP contribution is 2.12.